The van der Waals surface area contributed by atoms with Crippen LogP contribution in [0.25, 0.3) is 22.5 Å². The fourth-order valence-corrected chi connectivity index (χ4v) is 3.09. The molecule has 4 rings (SSSR count). The normalized spacial score (nSPS) is 12.0. The number of primary amides is 1. The summed E-state index contributed by atoms with van der Waals surface area (Å²) in [6.07, 6.45) is 4.26. The lowest BCUT2D eigenvalue weighted by Crippen LogP contribution is -2.13. The summed E-state index contributed by atoms with van der Waals surface area (Å²) >= 11 is 0. The standard InChI is InChI=1S/C17H13N3O/c18-16(21)12-5-6-13(17-19-7-8-20-17)15-11-4-2-1-3-10(11)9-14(12)15/h1-8H,9H2,(H2,18,21)(H,19,20). The quantitative estimate of drug-likeness (QED) is 0.590. The Hall–Kier alpha value is -2.88. The van der Waals surface area contributed by atoms with Crippen molar-refractivity contribution in [2.24, 2.45) is 5.73 Å². The van der Waals surface area contributed by atoms with Gasteiger partial charge in [-0.25, -0.2) is 4.98 Å². The summed E-state index contributed by atoms with van der Waals surface area (Å²) in [4.78, 5) is 19.2. The number of imidazole rings is 1. The molecule has 2 aromatic carbocycles. The molecule has 4 nitrogen and oxygen atoms in total. The smallest absolute Gasteiger partial charge is 0.249 e. The highest BCUT2D eigenvalue weighted by atomic mass is 16.1. The van der Waals surface area contributed by atoms with Gasteiger partial charge in [0.25, 0.3) is 0 Å². The molecule has 102 valence electrons. The fraction of sp³-hybridized carbons (Fsp3) is 0.0588. The average molecular weight is 275 g/mol. The van der Waals surface area contributed by atoms with E-state index in [-0.39, 0.29) is 5.91 Å². The number of fused-ring (bicyclic) bond motifs is 3. The van der Waals surface area contributed by atoms with Gasteiger partial charge in [0.1, 0.15) is 5.82 Å². The van der Waals surface area contributed by atoms with Gasteiger partial charge in [-0.05, 0) is 40.8 Å². The number of aromatic nitrogens is 2. The lowest BCUT2D eigenvalue weighted by Gasteiger charge is -2.10. The van der Waals surface area contributed by atoms with Gasteiger partial charge in [-0.15, -0.1) is 0 Å². The molecule has 1 aliphatic carbocycles. The molecule has 0 atom stereocenters. The lowest BCUT2D eigenvalue weighted by molar-refractivity contribution is 0.0999. The molecular formula is C17H13N3O. The van der Waals surface area contributed by atoms with E-state index >= 15 is 0 Å². The molecule has 0 fully saturated rings. The zero-order chi connectivity index (χ0) is 14.4. The van der Waals surface area contributed by atoms with E-state index in [9.17, 15) is 4.79 Å². The van der Waals surface area contributed by atoms with E-state index < -0.39 is 0 Å². The number of carbonyl (C=O) groups excluding carboxylic acids is 1. The van der Waals surface area contributed by atoms with Crippen LogP contribution in [0.15, 0.2) is 48.8 Å². The number of hydrogen-bond donors (Lipinski definition) is 2. The minimum atomic E-state index is -0.384. The van der Waals surface area contributed by atoms with Crippen molar-refractivity contribution >= 4 is 5.91 Å². The Morgan fingerprint density at radius 2 is 2.00 bits per heavy atom. The fourth-order valence-electron chi connectivity index (χ4n) is 3.09. The predicted octanol–water partition coefficient (Wildman–Crippen LogP) is 2.75. The third-order valence-electron chi connectivity index (χ3n) is 3.99. The van der Waals surface area contributed by atoms with Crippen molar-refractivity contribution in [2.75, 3.05) is 0 Å². The average Bonchev–Trinajstić information content (AvgIpc) is 3.13. The topological polar surface area (TPSA) is 71.8 Å². The van der Waals surface area contributed by atoms with Gasteiger partial charge in [-0.2, -0.15) is 0 Å². The Morgan fingerprint density at radius 3 is 2.76 bits per heavy atom. The van der Waals surface area contributed by atoms with Gasteiger partial charge in [0.05, 0.1) is 0 Å². The van der Waals surface area contributed by atoms with E-state index in [4.69, 9.17) is 5.73 Å². The number of nitrogens with one attached hydrogen (secondary N) is 1. The first kappa shape index (κ1) is 11.9. The van der Waals surface area contributed by atoms with Gasteiger partial charge in [0.2, 0.25) is 5.91 Å². The van der Waals surface area contributed by atoms with Crippen LogP contribution in [0.5, 0.6) is 0 Å². The second-order valence-electron chi connectivity index (χ2n) is 5.15. The molecule has 0 unspecified atom stereocenters. The summed E-state index contributed by atoms with van der Waals surface area (Å²) in [5.74, 6) is 0.420. The highest BCUT2D eigenvalue weighted by Gasteiger charge is 2.26. The molecule has 0 saturated heterocycles. The molecule has 0 saturated carbocycles. The third kappa shape index (κ3) is 1.69. The number of H-pyrrole nitrogens is 1. The maximum Gasteiger partial charge on any atom is 0.249 e. The summed E-state index contributed by atoms with van der Waals surface area (Å²) in [6, 6.07) is 11.9. The first-order chi connectivity index (χ1) is 10.3. The van der Waals surface area contributed by atoms with Crippen molar-refractivity contribution in [3.63, 3.8) is 0 Å². The Morgan fingerprint density at radius 1 is 1.14 bits per heavy atom. The zero-order valence-electron chi connectivity index (χ0n) is 11.3. The minimum Gasteiger partial charge on any atom is -0.366 e. The Balaban J connectivity index is 2.06. The Bertz CT molecular complexity index is 850. The molecule has 21 heavy (non-hydrogen) atoms. The zero-order valence-corrected chi connectivity index (χ0v) is 11.3. The Labute approximate surface area is 121 Å². The van der Waals surface area contributed by atoms with Crippen molar-refractivity contribution in [3.8, 4) is 22.5 Å². The van der Waals surface area contributed by atoms with E-state index in [1.165, 1.54) is 5.56 Å². The number of aromatic amines is 1. The monoisotopic (exact) mass is 275 g/mol. The minimum absolute atomic E-state index is 0.384. The van der Waals surface area contributed by atoms with Crippen LogP contribution in [0.3, 0.4) is 0 Å². The summed E-state index contributed by atoms with van der Waals surface area (Å²) in [5, 5.41) is 0. The number of benzene rings is 2. The van der Waals surface area contributed by atoms with Crippen molar-refractivity contribution in [2.45, 2.75) is 6.42 Å². The van der Waals surface area contributed by atoms with Crippen molar-refractivity contribution in [1.29, 1.82) is 0 Å². The maximum atomic E-state index is 11.7. The van der Waals surface area contributed by atoms with Crippen LogP contribution in [0.4, 0.5) is 0 Å². The number of amides is 1. The number of nitrogens with two attached hydrogens (primary N) is 1. The summed E-state index contributed by atoms with van der Waals surface area (Å²) in [6.45, 7) is 0. The SMILES string of the molecule is NC(=O)c1ccc(-c2ncc[nH]2)c2c1Cc1ccccc1-2. The van der Waals surface area contributed by atoms with Crippen LogP contribution in [-0.2, 0) is 6.42 Å². The number of nitrogens with zero attached hydrogens (tertiary/aromatic N) is 1. The number of hydrogen-bond acceptors (Lipinski definition) is 2. The molecule has 4 heteroatoms. The maximum absolute atomic E-state index is 11.7. The molecule has 0 radical (unpaired) electrons. The van der Waals surface area contributed by atoms with Crippen molar-refractivity contribution in [1.82, 2.24) is 9.97 Å². The van der Waals surface area contributed by atoms with E-state index in [1.807, 2.05) is 18.2 Å². The molecule has 0 aliphatic heterocycles. The van der Waals surface area contributed by atoms with Gasteiger partial charge in [0.15, 0.2) is 0 Å². The van der Waals surface area contributed by atoms with Crippen LogP contribution < -0.4 is 5.73 Å². The van der Waals surface area contributed by atoms with E-state index in [0.29, 0.717) is 5.56 Å². The van der Waals surface area contributed by atoms with Crippen molar-refractivity contribution in [3.05, 3.63) is 65.5 Å². The first-order valence-electron chi connectivity index (χ1n) is 6.79. The van der Waals surface area contributed by atoms with Crippen LogP contribution in [0.1, 0.15) is 21.5 Å². The molecule has 0 spiro atoms. The molecular weight excluding hydrogens is 262 g/mol. The second-order valence-corrected chi connectivity index (χ2v) is 5.15. The largest absolute Gasteiger partial charge is 0.366 e. The highest BCUT2D eigenvalue weighted by molar-refractivity contribution is 6.01. The highest BCUT2D eigenvalue weighted by Crippen LogP contribution is 2.43. The molecule has 3 aromatic rings. The summed E-state index contributed by atoms with van der Waals surface area (Å²) in [7, 11) is 0. The van der Waals surface area contributed by atoms with E-state index in [2.05, 4.69) is 22.1 Å². The lowest BCUT2D eigenvalue weighted by atomic mass is 9.95. The predicted molar refractivity (Wildman–Crippen MR) is 80.8 cm³/mol. The van der Waals surface area contributed by atoms with Gasteiger partial charge < -0.3 is 10.7 Å². The number of carbonyl (C=O) groups is 1. The molecule has 0 bridgehead atoms. The van der Waals surface area contributed by atoms with Crippen LogP contribution in [0, 0.1) is 0 Å². The molecule has 3 N–H and O–H groups in total. The van der Waals surface area contributed by atoms with Gasteiger partial charge in [-0.3, -0.25) is 4.79 Å². The van der Waals surface area contributed by atoms with Crippen molar-refractivity contribution < 1.29 is 4.79 Å². The van der Waals surface area contributed by atoms with Gasteiger partial charge in [0, 0.05) is 23.5 Å². The molecule has 1 aromatic heterocycles. The summed E-state index contributed by atoms with van der Waals surface area (Å²) in [5.41, 5.74) is 11.6. The molecule has 1 amide bonds. The molecule has 1 heterocycles. The van der Waals surface area contributed by atoms with Gasteiger partial charge in [-0.1, -0.05) is 24.3 Å². The summed E-state index contributed by atoms with van der Waals surface area (Å²) < 4.78 is 0. The van der Waals surface area contributed by atoms with Gasteiger partial charge >= 0.3 is 0 Å². The number of rotatable bonds is 2. The third-order valence-corrected chi connectivity index (χ3v) is 3.99. The molecule has 1 aliphatic rings. The van der Waals surface area contributed by atoms with Crippen LogP contribution >= 0.6 is 0 Å². The first-order valence-corrected chi connectivity index (χ1v) is 6.79. The Kier molecular flexibility index (Phi) is 2.44. The van der Waals surface area contributed by atoms with E-state index in [0.717, 1.165) is 34.5 Å². The van der Waals surface area contributed by atoms with E-state index in [1.54, 1.807) is 18.5 Å². The van der Waals surface area contributed by atoms with Crippen LogP contribution in [-0.4, -0.2) is 15.9 Å². The van der Waals surface area contributed by atoms with Crippen LogP contribution in [0.2, 0.25) is 0 Å². The second kappa shape index (κ2) is 4.31.